The Morgan fingerprint density at radius 1 is 1.05 bits per heavy atom. The summed E-state index contributed by atoms with van der Waals surface area (Å²) < 4.78 is 20.7. The summed E-state index contributed by atoms with van der Waals surface area (Å²) in [6, 6.07) is 3.87. The zero-order valence-corrected chi connectivity index (χ0v) is 12.3. The lowest BCUT2D eigenvalue weighted by Crippen LogP contribution is -2.20. The van der Waals surface area contributed by atoms with Crippen LogP contribution in [0, 0.1) is 0 Å². The third-order valence-corrected chi connectivity index (χ3v) is 2.56. The summed E-state index contributed by atoms with van der Waals surface area (Å²) >= 11 is 0. The van der Waals surface area contributed by atoms with Gasteiger partial charge < -0.3 is 24.3 Å². The van der Waals surface area contributed by atoms with Gasteiger partial charge in [-0.25, -0.2) is 4.98 Å². The molecule has 0 aliphatic carbocycles. The Kier molecular flexibility index (Phi) is 9.77. The molecule has 1 rings (SSSR count). The second kappa shape index (κ2) is 11.6. The lowest BCUT2D eigenvalue weighted by Gasteiger charge is -2.07. The number of pyridine rings is 1. The molecule has 0 aliphatic heterocycles. The van der Waals surface area contributed by atoms with Crippen molar-refractivity contribution in [2.45, 2.75) is 6.54 Å². The van der Waals surface area contributed by atoms with Crippen molar-refractivity contribution >= 4 is 0 Å². The van der Waals surface area contributed by atoms with E-state index in [2.05, 4.69) is 10.3 Å². The maximum Gasteiger partial charge on any atom is 0.213 e. The van der Waals surface area contributed by atoms with Gasteiger partial charge in [0.05, 0.1) is 40.1 Å². The Hall–Kier alpha value is -1.21. The summed E-state index contributed by atoms with van der Waals surface area (Å²) in [5.74, 6) is 0.633. The maximum atomic E-state index is 5.43. The number of hydrogen-bond acceptors (Lipinski definition) is 6. The van der Waals surface area contributed by atoms with Crippen molar-refractivity contribution < 1.29 is 18.9 Å². The highest BCUT2D eigenvalue weighted by molar-refractivity contribution is 5.20. The standard InChI is InChI=1S/C14H24N2O4/c1-17-7-8-20-10-9-19-6-5-15-12-13-3-4-16-14(11-13)18-2/h3-4,11,15H,5-10,12H2,1-2H3. The molecule has 0 bridgehead atoms. The van der Waals surface area contributed by atoms with Gasteiger partial charge in [-0.2, -0.15) is 0 Å². The molecule has 0 saturated heterocycles. The average Bonchev–Trinajstić information content (AvgIpc) is 2.49. The van der Waals surface area contributed by atoms with Crippen LogP contribution in [-0.2, 0) is 20.8 Å². The fraction of sp³-hybridized carbons (Fsp3) is 0.643. The Bertz CT molecular complexity index is 350. The van der Waals surface area contributed by atoms with E-state index in [0.717, 1.165) is 18.7 Å². The van der Waals surface area contributed by atoms with Gasteiger partial charge in [0.2, 0.25) is 5.88 Å². The van der Waals surface area contributed by atoms with Gasteiger partial charge in [0.25, 0.3) is 0 Å². The van der Waals surface area contributed by atoms with Gasteiger partial charge in [-0.3, -0.25) is 0 Å². The van der Waals surface area contributed by atoms with Gasteiger partial charge >= 0.3 is 0 Å². The van der Waals surface area contributed by atoms with Crippen molar-refractivity contribution in [2.75, 3.05) is 53.8 Å². The average molecular weight is 284 g/mol. The lowest BCUT2D eigenvalue weighted by atomic mass is 10.2. The van der Waals surface area contributed by atoms with Crippen molar-refractivity contribution in [2.24, 2.45) is 0 Å². The van der Waals surface area contributed by atoms with E-state index in [1.807, 2.05) is 12.1 Å². The molecule has 114 valence electrons. The minimum atomic E-state index is 0.602. The fourth-order valence-corrected chi connectivity index (χ4v) is 1.51. The van der Waals surface area contributed by atoms with Crippen LogP contribution in [0.5, 0.6) is 5.88 Å². The van der Waals surface area contributed by atoms with Crippen molar-refractivity contribution in [1.29, 1.82) is 0 Å². The normalized spacial score (nSPS) is 10.7. The molecule has 20 heavy (non-hydrogen) atoms. The van der Waals surface area contributed by atoms with Crippen LogP contribution in [0.25, 0.3) is 0 Å². The molecule has 1 N–H and O–H groups in total. The van der Waals surface area contributed by atoms with Gasteiger partial charge in [-0.15, -0.1) is 0 Å². The summed E-state index contributed by atoms with van der Waals surface area (Å²) in [4.78, 5) is 4.06. The fourth-order valence-electron chi connectivity index (χ4n) is 1.51. The summed E-state index contributed by atoms with van der Waals surface area (Å²) in [6.45, 7) is 4.67. The van der Waals surface area contributed by atoms with E-state index in [0.29, 0.717) is 38.9 Å². The molecule has 0 fully saturated rings. The van der Waals surface area contributed by atoms with E-state index < -0.39 is 0 Å². The Labute approximate surface area is 120 Å². The maximum absolute atomic E-state index is 5.43. The molecule has 0 amide bonds. The first-order valence-electron chi connectivity index (χ1n) is 6.71. The molecule has 6 heteroatoms. The molecule has 6 nitrogen and oxygen atoms in total. The molecular formula is C14H24N2O4. The number of nitrogens with one attached hydrogen (secondary N) is 1. The molecule has 1 aromatic heterocycles. The zero-order chi connectivity index (χ0) is 14.5. The van der Waals surface area contributed by atoms with E-state index in [-0.39, 0.29) is 0 Å². The predicted molar refractivity (Wildman–Crippen MR) is 76.0 cm³/mol. The number of ether oxygens (including phenoxy) is 4. The van der Waals surface area contributed by atoms with Crippen molar-refractivity contribution in [3.8, 4) is 5.88 Å². The van der Waals surface area contributed by atoms with Crippen LogP contribution in [0.4, 0.5) is 0 Å². The quantitative estimate of drug-likeness (QED) is 0.574. The summed E-state index contributed by atoms with van der Waals surface area (Å²) in [6.07, 6.45) is 1.74. The van der Waals surface area contributed by atoms with Crippen LogP contribution >= 0.6 is 0 Å². The molecule has 1 aromatic rings. The Morgan fingerprint density at radius 3 is 2.55 bits per heavy atom. The highest BCUT2D eigenvalue weighted by Crippen LogP contribution is 2.07. The molecular weight excluding hydrogens is 260 g/mol. The van der Waals surface area contributed by atoms with Crippen LogP contribution in [0.3, 0.4) is 0 Å². The number of hydrogen-bond donors (Lipinski definition) is 1. The highest BCUT2D eigenvalue weighted by Gasteiger charge is 1.96. The molecule has 0 unspecified atom stereocenters. The van der Waals surface area contributed by atoms with Gasteiger partial charge in [-0.05, 0) is 11.6 Å². The summed E-state index contributed by atoms with van der Waals surface area (Å²) in [7, 11) is 3.27. The van der Waals surface area contributed by atoms with Crippen LogP contribution in [0.1, 0.15) is 5.56 Å². The first kappa shape index (κ1) is 16.8. The first-order chi connectivity index (χ1) is 9.86. The second-order valence-corrected chi connectivity index (χ2v) is 4.10. The van der Waals surface area contributed by atoms with Crippen molar-refractivity contribution in [1.82, 2.24) is 10.3 Å². The van der Waals surface area contributed by atoms with E-state index in [9.17, 15) is 0 Å². The third kappa shape index (κ3) is 8.06. The van der Waals surface area contributed by atoms with E-state index in [4.69, 9.17) is 18.9 Å². The van der Waals surface area contributed by atoms with E-state index in [1.165, 1.54) is 0 Å². The SMILES string of the molecule is COCCOCCOCCNCc1ccnc(OC)c1. The number of methoxy groups -OCH3 is 2. The summed E-state index contributed by atoms with van der Waals surface area (Å²) in [5.41, 5.74) is 1.14. The molecule has 0 saturated carbocycles. The van der Waals surface area contributed by atoms with E-state index >= 15 is 0 Å². The number of nitrogens with zero attached hydrogens (tertiary/aromatic N) is 1. The van der Waals surface area contributed by atoms with Crippen LogP contribution in [0.15, 0.2) is 18.3 Å². The van der Waals surface area contributed by atoms with Gasteiger partial charge in [0.1, 0.15) is 0 Å². The third-order valence-electron chi connectivity index (χ3n) is 2.56. The number of rotatable bonds is 12. The lowest BCUT2D eigenvalue weighted by molar-refractivity contribution is 0.0255. The monoisotopic (exact) mass is 284 g/mol. The van der Waals surface area contributed by atoms with E-state index in [1.54, 1.807) is 20.4 Å². The van der Waals surface area contributed by atoms with Crippen molar-refractivity contribution in [3.63, 3.8) is 0 Å². The second-order valence-electron chi connectivity index (χ2n) is 4.10. The summed E-state index contributed by atoms with van der Waals surface area (Å²) in [5, 5.41) is 3.30. The highest BCUT2D eigenvalue weighted by atomic mass is 16.5. The molecule has 0 spiro atoms. The molecule has 0 atom stereocenters. The van der Waals surface area contributed by atoms with Gasteiger partial charge in [0, 0.05) is 32.5 Å². The van der Waals surface area contributed by atoms with Crippen LogP contribution < -0.4 is 10.1 Å². The van der Waals surface area contributed by atoms with Crippen LogP contribution in [0.2, 0.25) is 0 Å². The molecule has 1 heterocycles. The molecule has 0 aliphatic rings. The predicted octanol–water partition coefficient (Wildman–Crippen LogP) is 0.859. The van der Waals surface area contributed by atoms with Crippen LogP contribution in [-0.4, -0.2) is 58.8 Å². The molecule has 0 radical (unpaired) electrons. The Balaban J connectivity index is 1.94. The minimum absolute atomic E-state index is 0.602. The zero-order valence-electron chi connectivity index (χ0n) is 12.3. The first-order valence-corrected chi connectivity index (χ1v) is 6.71. The minimum Gasteiger partial charge on any atom is -0.481 e. The smallest absolute Gasteiger partial charge is 0.213 e. The van der Waals surface area contributed by atoms with Crippen molar-refractivity contribution in [3.05, 3.63) is 23.9 Å². The Morgan fingerprint density at radius 2 is 1.80 bits per heavy atom. The largest absolute Gasteiger partial charge is 0.481 e. The number of aromatic nitrogens is 1. The van der Waals surface area contributed by atoms with Gasteiger partial charge in [-0.1, -0.05) is 0 Å². The molecule has 0 aromatic carbocycles. The topological polar surface area (TPSA) is 61.8 Å². The van der Waals surface area contributed by atoms with Gasteiger partial charge in [0.15, 0.2) is 0 Å².